The van der Waals surface area contributed by atoms with Crippen LogP contribution in [0, 0.1) is 18.3 Å². The summed E-state index contributed by atoms with van der Waals surface area (Å²) >= 11 is 1.48. The van der Waals surface area contributed by atoms with Crippen molar-refractivity contribution >= 4 is 23.4 Å². The summed E-state index contributed by atoms with van der Waals surface area (Å²) in [5, 5.41) is 8.84. The molecular weight excluding hydrogens is 320 g/mol. The van der Waals surface area contributed by atoms with Crippen LogP contribution in [0.2, 0.25) is 0 Å². The van der Waals surface area contributed by atoms with E-state index in [9.17, 15) is 4.79 Å². The Morgan fingerprint density at radius 2 is 1.83 bits per heavy atom. The normalized spacial score (nSPS) is 10.0. The lowest BCUT2D eigenvalue weighted by molar-refractivity contribution is -0.116. The fourth-order valence-electron chi connectivity index (χ4n) is 2.18. The number of aryl methyl sites for hydroxylation is 1. The monoisotopic (exact) mass is 340 g/mol. The molecule has 0 heterocycles. The van der Waals surface area contributed by atoms with Crippen LogP contribution in [0.5, 0.6) is 5.75 Å². The number of nitrogens with zero attached hydrogens (tertiary/aromatic N) is 2. The average Bonchev–Trinajstić information content (AvgIpc) is 2.62. The van der Waals surface area contributed by atoms with E-state index in [0.29, 0.717) is 18.7 Å². The van der Waals surface area contributed by atoms with Gasteiger partial charge in [-0.2, -0.15) is 5.26 Å². The first kappa shape index (κ1) is 17.9. The zero-order valence-corrected chi connectivity index (χ0v) is 14.7. The molecule has 0 bridgehead atoms. The molecule has 0 atom stereocenters. The van der Waals surface area contributed by atoms with Gasteiger partial charge in [0, 0.05) is 17.1 Å². The van der Waals surface area contributed by atoms with Gasteiger partial charge >= 0.3 is 0 Å². The Labute approximate surface area is 147 Å². The molecule has 0 unspecified atom stereocenters. The predicted molar refractivity (Wildman–Crippen MR) is 97.5 cm³/mol. The molecule has 0 aliphatic rings. The Hall–Kier alpha value is -2.45. The molecule has 4 nitrogen and oxygen atoms in total. The van der Waals surface area contributed by atoms with E-state index in [0.717, 1.165) is 21.9 Å². The maximum absolute atomic E-state index is 12.6. The Balaban J connectivity index is 2.03. The lowest BCUT2D eigenvalue weighted by Crippen LogP contribution is -2.33. The SMILES string of the molecule is COc1ccc(SCC(=O)N(CCC#N)c2ccc(C)cc2)cc1. The maximum Gasteiger partial charge on any atom is 0.237 e. The van der Waals surface area contributed by atoms with Gasteiger partial charge in [0.15, 0.2) is 0 Å². The van der Waals surface area contributed by atoms with E-state index >= 15 is 0 Å². The van der Waals surface area contributed by atoms with Crippen molar-refractivity contribution in [2.75, 3.05) is 24.3 Å². The first-order chi connectivity index (χ1) is 11.6. The van der Waals surface area contributed by atoms with Crippen LogP contribution in [0.4, 0.5) is 5.69 Å². The lowest BCUT2D eigenvalue weighted by atomic mass is 10.2. The fraction of sp³-hybridized carbons (Fsp3) is 0.263. The number of anilines is 1. The Morgan fingerprint density at radius 1 is 1.17 bits per heavy atom. The Morgan fingerprint density at radius 3 is 2.42 bits per heavy atom. The van der Waals surface area contributed by atoms with E-state index in [1.54, 1.807) is 12.0 Å². The van der Waals surface area contributed by atoms with Gasteiger partial charge in [-0.15, -0.1) is 11.8 Å². The summed E-state index contributed by atoms with van der Waals surface area (Å²) in [5.74, 6) is 1.11. The maximum atomic E-state index is 12.6. The number of nitriles is 1. The molecule has 24 heavy (non-hydrogen) atoms. The van der Waals surface area contributed by atoms with Crippen molar-refractivity contribution in [1.82, 2.24) is 0 Å². The highest BCUT2D eigenvalue weighted by atomic mass is 32.2. The van der Waals surface area contributed by atoms with Gasteiger partial charge in [-0.3, -0.25) is 4.79 Å². The second-order valence-electron chi connectivity index (χ2n) is 5.25. The number of hydrogen-bond donors (Lipinski definition) is 0. The zero-order valence-electron chi connectivity index (χ0n) is 13.9. The summed E-state index contributed by atoms with van der Waals surface area (Å²) in [6.45, 7) is 2.41. The molecule has 5 heteroatoms. The molecule has 1 amide bonds. The summed E-state index contributed by atoms with van der Waals surface area (Å²) in [4.78, 5) is 15.3. The van der Waals surface area contributed by atoms with Gasteiger partial charge in [-0.25, -0.2) is 0 Å². The molecule has 0 radical (unpaired) electrons. The molecule has 0 fully saturated rings. The molecule has 0 N–H and O–H groups in total. The van der Waals surface area contributed by atoms with Crippen LogP contribution in [-0.2, 0) is 4.79 Å². The molecule has 124 valence electrons. The number of thioether (sulfide) groups is 1. The van der Waals surface area contributed by atoms with Crippen molar-refractivity contribution in [3.05, 3.63) is 54.1 Å². The van der Waals surface area contributed by atoms with E-state index in [4.69, 9.17) is 10.00 Å². The summed E-state index contributed by atoms with van der Waals surface area (Å²) < 4.78 is 5.13. The topological polar surface area (TPSA) is 53.3 Å². The zero-order chi connectivity index (χ0) is 17.4. The molecule has 0 aliphatic heterocycles. The minimum Gasteiger partial charge on any atom is -0.497 e. The molecular formula is C19H20N2O2S. The van der Waals surface area contributed by atoms with Crippen molar-refractivity contribution < 1.29 is 9.53 Å². The lowest BCUT2D eigenvalue weighted by Gasteiger charge is -2.22. The van der Waals surface area contributed by atoms with Gasteiger partial charge in [-0.1, -0.05) is 17.7 Å². The highest BCUT2D eigenvalue weighted by Crippen LogP contribution is 2.23. The second-order valence-corrected chi connectivity index (χ2v) is 6.30. The highest BCUT2D eigenvalue weighted by Gasteiger charge is 2.15. The van der Waals surface area contributed by atoms with Crippen molar-refractivity contribution in [2.24, 2.45) is 0 Å². The van der Waals surface area contributed by atoms with Crippen LogP contribution in [0.15, 0.2) is 53.4 Å². The molecule has 2 aromatic carbocycles. The standard InChI is InChI=1S/C19H20N2O2S/c1-15-4-6-16(7-5-15)21(13-3-12-20)19(22)14-24-18-10-8-17(23-2)9-11-18/h4-11H,3,13-14H2,1-2H3. The van der Waals surface area contributed by atoms with Crippen LogP contribution in [0.3, 0.4) is 0 Å². The fourth-order valence-corrected chi connectivity index (χ4v) is 2.95. The first-order valence-corrected chi connectivity index (χ1v) is 8.63. The van der Waals surface area contributed by atoms with Gasteiger partial charge < -0.3 is 9.64 Å². The molecule has 2 aromatic rings. The summed E-state index contributed by atoms with van der Waals surface area (Å²) in [7, 11) is 1.63. The Kier molecular flexibility index (Phi) is 6.71. The minimum absolute atomic E-state index is 0.00470. The van der Waals surface area contributed by atoms with Crippen molar-refractivity contribution in [3.63, 3.8) is 0 Å². The number of hydrogen-bond acceptors (Lipinski definition) is 4. The van der Waals surface area contributed by atoms with E-state index in [2.05, 4.69) is 6.07 Å². The minimum atomic E-state index is -0.00470. The third-order valence-corrected chi connectivity index (χ3v) is 4.51. The highest BCUT2D eigenvalue weighted by molar-refractivity contribution is 8.00. The van der Waals surface area contributed by atoms with E-state index in [1.165, 1.54) is 11.8 Å². The molecule has 2 rings (SSSR count). The van der Waals surface area contributed by atoms with Crippen molar-refractivity contribution in [3.8, 4) is 11.8 Å². The predicted octanol–water partition coefficient (Wildman–Crippen LogP) is 4.04. The number of rotatable bonds is 7. The Bertz CT molecular complexity index is 706. The van der Waals surface area contributed by atoms with Crippen LogP contribution >= 0.6 is 11.8 Å². The van der Waals surface area contributed by atoms with Crippen LogP contribution in [0.25, 0.3) is 0 Å². The van der Waals surface area contributed by atoms with Crippen LogP contribution < -0.4 is 9.64 Å². The summed E-state index contributed by atoms with van der Waals surface area (Å²) in [5.41, 5.74) is 1.97. The van der Waals surface area contributed by atoms with E-state index in [-0.39, 0.29) is 5.91 Å². The number of ether oxygens (including phenoxy) is 1. The van der Waals surface area contributed by atoms with Crippen LogP contribution in [0.1, 0.15) is 12.0 Å². The first-order valence-electron chi connectivity index (χ1n) is 7.65. The average molecular weight is 340 g/mol. The molecule has 0 aliphatic carbocycles. The summed E-state index contributed by atoms with van der Waals surface area (Å²) in [6.07, 6.45) is 0.312. The number of benzene rings is 2. The third kappa shape index (κ3) is 5.04. The van der Waals surface area contributed by atoms with Gasteiger partial charge in [0.05, 0.1) is 25.4 Å². The molecule has 0 saturated carbocycles. The van der Waals surface area contributed by atoms with Gasteiger partial charge in [0.25, 0.3) is 0 Å². The van der Waals surface area contributed by atoms with Crippen molar-refractivity contribution in [2.45, 2.75) is 18.2 Å². The molecule has 0 aromatic heterocycles. The third-order valence-electron chi connectivity index (χ3n) is 3.52. The largest absolute Gasteiger partial charge is 0.497 e. The van der Waals surface area contributed by atoms with Gasteiger partial charge in [0.2, 0.25) is 5.91 Å². The van der Waals surface area contributed by atoms with Crippen LogP contribution in [-0.4, -0.2) is 25.3 Å². The van der Waals surface area contributed by atoms with Crippen molar-refractivity contribution in [1.29, 1.82) is 5.26 Å². The number of amides is 1. The second kappa shape index (κ2) is 8.99. The van der Waals surface area contributed by atoms with Gasteiger partial charge in [0.1, 0.15) is 5.75 Å². The molecule has 0 saturated heterocycles. The summed E-state index contributed by atoms with van der Waals surface area (Å²) in [6, 6.07) is 17.5. The van der Waals surface area contributed by atoms with E-state index in [1.807, 2.05) is 55.5 Å². The number of carbonyl (C=O) groups is 1. The van der Waals surface area contributed by atoms with E-state index < -0.39 is 0 Å². The van der Waals surface area contributed by atoms with Gasteiger partial charge in [-0.05, 0) is 43.3 Å². The molecule has 0 spiro atoms. The number of carbonyl (C=O) groups excluding carboxylic acids is 1. The number of methoxy groups -OCH3 is 1. The quantitative estimate of drug-likeness (QED) is 0.714. The smallest absolute Gasteiger partial charge is 0.237 e.